The maximum Gasteiger partial charge on any atom is 0.264 e. The van der Waals surface area contributed by atoms with Crippen LogP contribution in [0, 0.1) is 5.92 Å². The van der Waals surface area contributed by atoms with Crippen LogP contribution in [0.15, 0.2) is 35.6 Å². The topological polar surface area (TPSA) is 81.7 Å². The Morgan fingerprint density at radius 1 is 1.08 bits per heavy atom. The summed E-state index contributed by atoms with van der Waals surface area (Å²) in [6.45, 7) is 2.13. The Kier molecular flexibility index (Phi) is 4.57. The molecule has 0 radical (unpaired) electrons. The second kappa shape index (κ2) is 7.02. The molecule has 2 atom stereocenters. The molecule has 1 saturated heterocycles. The number of fused-ring (bicyclic) bond motifs is 1. The molecule has 1 aromatic rings. The summed E-state index contributed by atoms with van der Waals surface area (Å²) < 4.78 is 0. The molecule has 0 spiro atoms. The van der Waals surface area contributed by atoms with E-state index in [0.717, 1.165) is 38.0 Å². The third kappa shape index (κ3) is 3.16. The van der Waals surface area contributed by atoms with Gasteiger partial charge < -0.3 is 20.6 Å². The number of rotatable bonds is 3. The van der Waals surface area contributed by atoms with Gasteiger partial charge in [0.2, 0.25) is 0 Å². The van der Waals surface area contributed by atoms with Gasteiger partial charge in [0, 0.05) is 36.4 Å². The molecule has 4 rings (SSSR count). The van der Waals surface area contributed by atoms with Gasteiger partial charge in [-0.3, -0.25) is 9.59 Å². The van der Waals surface area contributed by atoms with Crippen LogP contribution in [0.4, 0.5) is 11.4 Å². The standard InChI is InChI=1S/C20H25N3O3/c24-18-15-5-4-6-16(15)22-20(26)17(18)19(25)21-13-7-9-14(10-8-13)23-11-2-1-3-12-23/h7-10,15-16,24H,1-6,11-12H2,(H,21,25)(H,22,26)/t15-,16+/m1/s1. The van der Waals surface area contributed by atoms with Crippen molar-refractivity contribution in [3.8, 4) is 0 Å². The van der Waals surface area contributed by atoms with Gasteiger partial charge in [-0.1, -0.05) is 6.42 Å². The molecule has 2 amide bonds. The number of amides is 2. The number of carbonyl (C=O) groups excluding carboxylic acids is 2. The number of hydrogen-bond donors (Lipinski definition) is 3. The SMILES string of the molecule is O=C(Nc1ccc(N2CCCCC2)cc1)C1=C(O)[C@@H]2CCC[C@@H]2NC1=O. The van der Waals surface area contributed by atoms with Gasteiger partial charge >= 0.3 is 0 Å². The maximum absolute atomic E-state index is 12.6. The summed E-state index contributed by atoms with van der Waals surface area (Å²) in [6.07, 6.45) is 6.32. The Hall–Kier alpha value is -2.50. The molecule has 6 nitrogen and oxygen atoms in total. The highest BCUT2D eigenvalue weighted by Gasteiger charge is 2.41. The van der Waals surface area contributed by atoms with Crippen LogP contribution in [-0.4, -0.2) is 36.1 Å². The number of nitrogens with zero attached hydrogens (tertiary/aromatic N) is 1. The van der Waals surface area contributed by atoms with Crippen molar-refractivity contribution in [2.45, 2.75) is 44.6 Å². The average molecular weight is 355 g/mol. The molecule has 3 N–H and O–H groups in total. The van der Waals surface area contributed by atoms with Gasteiger partial charge in [0.05, 0.1) is 0 Å². The van der Waals surface area contributed by atoms with E-state index in [-0.39, 0.29) is 23.3 Å². The van der Waals surface area contributed by atoms with Crippen LogP contribution in [-0.2, 0) is 9.59 Å². The summed E-state index contributed by atoms with van der Waals surface area (Å²) in [5, 5.41) is 16.0. The van der Waals surface area contributed by atoms with Crippen LogP contribution in [0.2, 0.25) is 0 Å². The number of nitrogens with one attached hydrogen (secondary N) is 2. The minimum atomic E-state index is -0.545. The Labute approximate surface area is 153 Å². The lowest BCUT2D eigenvalue weighted by atomic mass is 9.92. The van der Waals surface area contributed by atoms with E-state index in [1.54, 1.807) is 0 Å². The van der Waals surface area contributed by atoms with Crippen molar-refractivity contribution in [2.75, 3.05) is 23.3 Å². The number of carbonyl (C=O) groups is 2. The Morgan fingerprint density at radius 3 is 2.54 bits per heavy atom. The van der Waals surface area contributed by atoms with Gasteiger partial charge in [-0.05, 0) is 56.4 Å². The zero-order chi connectivity index (χ0) is 18.1. The first-order valence-electron chi connectivity index (χ1n) is 9.54. The Bertz CT molecular complexity index is 735. The third-order valence-corrected chi connectivity index (χ3v) is 5.74. The van der Waals surface area contributed by atoms with E-state index in [1.165, 1.54) is 19.3 Å². The minimum Gasteiger partial charge on any atom is -0.511 e. The molecular weight excluding hydrogens is 330 g/mol. The number of hydrogen-bond acceptors (Lipinski definition) is 4. The lowest BCUT2D eigenvalue weighted by molar-refractivity contribution is -0.123. The van der Waals surface area contributed by atoms with E-state index in [0.29, 0.717) is 5.69 Å². The normalized spacial score (nSPS) is 25.7. The number of anilines is 2. The summed E-state index contributed by atoms with van der Waals surface area (Å²) in [4.78, 5) is 27.2. The lowest BCUT2D eigenvalue weighted by Gasteiger charge is -2.29. The van der Waals surface area contributed by atoms with Crippen molar-refractivity contribution in [3.05, 3.63) is 35.6 Å². The van der Waals surface area contributed by atoms with Crippen LogP contribution in [0.5, 0.6) is 0 Å². The first kappa shape index (κ1) is 16.9. The summed E-state index contributed by atoms with van der Waals surface area (Å²) >= 11 is 0. The van der Waals surface area contributed by atoms with Crippen LogP contribution < -0.4 is 15.5 Å². The van der Waals surface area contributed by atoms with Crippen molar-refractivity contribution in [2.24, 2.45) is 5.92 Å². The summed E-state index contributed by atoms with van der Waals surface area (Å²) in [6, 6.07) is 7.63. The van der Waals surface area contributed by atoms with Crippen molar-refractivity contribution < 1.29 is 14.7 Å². The highest BCUT2D eigenvalue weighted by atomic mass is 16.3. The molecule has 2 aliphatic heterocycles. The molecule has 138 valence electrons. The number of aliphatic hydroxyl groups excluding tert-OH is 1. The van der Waals surface area contributed by atoms with Gasteiger partial charge in [-0.2, -0.15) is 0 Å². The molecule has 3 aliphatic rings. The monoisotopic (exact) mass is 355 g/mol. The quantitative estimate of drug-likeness (QED) is 0.728. The molecule has 2 fully saturated rings. The molecular formula is C20H25N3O3. The van der Waals surface area contributed by atoms with E-state index in [9.17, 15) is 14.7 Å². The summed E-state index contributed by atoms with van der Waals surface area (Å²) in [7, 11) is 0. The lowest BCUT2D eigenvalue weighted by Crippen LogP contribution is -2.46. The number of benzene rings is 1. The van der Waals surface area contributed by atoms with Crippen molar-refractivity contribution in [1.29, 1.82) is 0 Å². The van der Waals surface area contributed by atoms with Gasteiger partial charge in [-0.25, -0.2) is 0 Å². The molecule has 1 aliphatic carbocycles. The minimum absolute atomic E-state index is 0.0390. The van der Waals surface area contributed by atoms with E-state index >= 15 is 0 Å². The fourth-order valence-corrected chi connectivity index (χ4v) is 4.32. The second-order valence-electron chi connectivity index (χ2n) is 7.43. The van der Waals surface area contributed by atoms with Crippen LogP contribution in [0.25, 0.3) is 0 Å². The van der Waals surface area contributed by atoms with Crippen LogP contribution in [0.3, 0.4) is 0 Å². The molecule has 2 heterocycles. The van der Waals surface area contributed by atoms with Gasteiger partial charge in [0.15, 0.2) is 0 Å². The first-order valence-corrected chi connectivity index (χ1v) is 9.54. The van der Waals surface area contributed by atoms with Crippen LogP contribution in [0.1, 0.15) is 38.5 Å². The van der Waals surface area contributed by atoms with E-state index < -0.39 is 11.8 Å². The van der Waals surface area contributed by atoms with Crippen molar-refractivity contribution in [1.82, 2.24) is 5.32 Å². The van der Waals surface area contributed by atoms with E-state index in [4.69, 9.17) is 0 Å². The summed E-state index contributed by atoms with van der Waals surface area (Å²) in [5.74, 6) is -1.21. The van der Waals surface area contributed by atoms with Crippen molar-refractivity contribution in [3.63, 3.8) is 0 Å². The molecule has 1 aromatic carbocycles. The predicted molar refractivity (Wildman–Crippen MR) is 100 cm³/mol. The summed E-state index contributed by atoms with van der Waals surface area (Å²) in [5.41, 5.74) is 1.62. The van der Waals surface area contributed by atoms with Gasteiger partial charge in [0.1, 0.15) is 11.3 Å². The van der Waals surface area contributed by atoms with E-state index in [2.05, 4.69) is 15.5 Å². The highest BCUT2D eigenvalue weighted by Crippen LogP contribution is 2.35. The smallest absolute Gasteiger partial charge is 0.264 e. The second-order valence-corrected chi connectivity index (χ2v) is 7.43. The largest absolute Gasteiger partial charge is 0.511 e. The maximum atomic E-state index is 12.6. The number of piperidine rings is 1. The molecule has 0 unspecified atom stereocenters. The van der Waals surface area contributed by atoms with E-state index in [1.807, 2.05) is 24.3 Å². The molecule has 6 heteroatoms. The fourth-order valence-electron chi connectivity index (χ4n) is 4.32. The van der Waals surface area contributed by atoms with Crippen LogP contribution >= 0.6 is 0 Å². The predicted octanol–water partition coefficient (Wildman–Crippen LogP) is 2.73. The first-order chi connectivity index (χ1) is 12.6. The molecule has 1 saturated carbocycles. The fraction of sp³-hybridized carbons (Fsp3) is 0.500. The molecule has 26 heavy (non-hydrogen) atoms. The third-order valence-electron chi connectivity index (χ3n) is 5.74. The molecule has 0 aromatic heterocycles. The highest BCUT2D eigenvalue weighted by molar-refractivity contribution is 6.23. The Balaban J connectivity index is 1.47. The zero-order valence-electron chi connectivity index (χ0n) is 14.8. The average Bonchev–Trinajstić information content (AvgIpc) is 3.12. The van der Waals surface area contributed by atoms with Gasteiger partial charge in [0.25, 0.3) is 11.8 Å². The van der Waals surface area contributed by atoms with Crippen molar-refractivity contribution >= 4 is 23.2 Å². The Morgan fingerprint density at radius 2 is 1.81 bits per heavy atom. The number of aliphatic hydroxyl groups is 1. The zero-order valence-corrected chi connectivity index (χ0v) is 14.8. The molecule has 0 bridgehead atoms. The van der Waals surface area contributed by atoms with Gasteiger partial charge in [-0.15, -0.1) is 0 Å².